The Balaban J connectivity index is 1.94. The highest BCUT2D eigenvalue weighted by molar-refractivity contribution is 5.97. The fourth-order valence-corrected chi connectivity index (χ4v) is 1.54. The van der Waals surface area contributed by atoms with Crippen molar-refractivity contribution in [2.24, 2.45) is 0 Å². The van der Waals surface area contributed by atoms with E-state index in [0.29, 0.717) is 5.56 Å². The minimum absolute atomic E-state index is 0.0966. The Bertz CT molecular complexity index is 532. The van der Waals surface area contributed by atoms with Crippen molar-refractivity contribution in [3.63, 3.8) is 0 Å². The number of hydrogen-bond acceptors (Lipinski definition) is 3. The molecular formula is C15H12O3. The topological polar surface area (TPSA) is 43.4 Å². The summed E-state index contributed by atoms with van der Waals surface area (Å²) >= 11 is 0. The Labute approximate surface area is 105 Å². The van der Waals surface area contributed by atoms with Crippen molar-refractivity contribution in [1.29, 1.82) is 0 Å². The smallest absolute Gasteiger partial charge is 0.345 e. The Morgan fingerprint density at radius 2 is 1.39 bits per heavy atom. The quantitative estimate of drug-likeness (QED) is 0.611. The largest absolute Gasteiger partial charge is 0.389 e. The molecule has 0 unspecified atom stereocenters. The van der Waals surface area contributed by atoms with Gasteiger partial charge in [0.05, 0.1) is 12.0 Å². The summed E-state index contributed by atoms with van der Waals surface area (Å²) in [5, 5.41) is 0. The van der Waals surface area contributed by atoms with Crippen molar-refractivity contribution in [3.05, 3.63) is 71.8 Å². The van der Waals surface area contributed by atoms with Crippen LogP contribution >= 0.6 is 0 Å². The van der Waals surface area contributed by atoms with Crippen molar-refractivity contribution < 1.29 is 14.3 Å². The summed E-state index contributed by atoms with van der Waals surface area (Å²) in [6.07, 6.45) is 0.0966. The molecule has 0 atom stereocenters. The van der Waals surface area contributed by atoms with Gasteiger partial charge in [0.15, 0.2) is 0 Å². The molecule has 0 fully saturated rings. The van der Waals surface area contributed by atoms with Crippen molar-refractivity contribution in [1.82, 2.24) is 0 Å². The zero-order chi connectivity index (χ0) is 12.8. The van der Waals surface area contributed by atoms with Crippen LogP contribution in [-0.2, 0) is 16.0 Å². The highest BCUT2D eigenvalue weighted by atomic mass is 16.6. The average Bonchev–Trinajstić information content (AvgIpc) is 2.40. The molecule has 0 N–H and O–H groups in total. The third-order valence-corrected chi connectivity index (χ3v) is 2.41. The minimum atomic E-state index is -0.614. The van der Waals surface area contributed by atoms with Crippen molar-refractivity contribution in [3.8, 4) is 0 Å². The maximum Gasteiger partial charge on any atom is 0.345 e. The van der Waals surface area contributed by atoms with Crippen LogP contribution in [0.25, 0.3) is 0 Å². The van der Waals surface area contributed by atoms with Crippen molar-refractivity contribution in [2.45, 2.75) is 6.42 Å². The number of esters is 2. The molecule has 3 nitrogen and oxygen atoms in total. The van der Waals surface area contributed by atoms with Crippen LogP contribution < -0.4 is 0 Å². The first-order chi connectivity index (χ1) is 8.75. The highest BCUT2D eigenvalue weighted by Gasteiger charge is 2.12. The lowest BCUT2D eigenvalue weighted by Gasteiger charge is -2.03. The van der Waals surface area contributed by atoms with Gasteiger partial charge in [0.2, 0.25) is 0 Å². The van der Waals surface area contributed by atoms with E-state index in [-0.39, 0.29) is 6.42 Å². The van der Waals surface area contributed by atoms with Crippen molar-refractivity contribution >= 4 is 11.9 Å². The Morgan fingerprint density at radius 1 is 0.833 bits per heavy atom. The maximum absolute atomic E-state index is 11.6. The van der Waals surface area contributed by atoms with Gasteiger partial charge in [-0.3, -0.25) is 4.79 Å². The molecule has 0 aliphatic heterocycles. The summed E-state index contributed by atoms with van der Waals surface area (Å²) in [5.41, 5.74) is 1.20. The monoisotopic (exact) mass is 240 g/mol. The van der Waals surface area contributed by atoms with Gasteiger partial charge in [0.1, 0.15) is 0 Å². The van der Waals surface area contributed by atoms with Crippen LogP contribution in [0.2, 0.25) is 0 Å². The standard InChI is InChI=1S/C15H12O3/c16-14(11-12-7-3-1-4-8-12)18-15(17)13-9-5-2-6-10-13/h1-10H,11H2. The first-order valence-electron chi connectivity index (χ1n) is 5.59. The third-order valence-electron chi connectivity index (χ3n) is 2.41. The predicted molar refractivity (Wildman–Crippen MR) is 67.0 cm³/mol. The highest BCUT2D eigenvalue weighted by Crippen LogP contribution is 2.04. The molecule has 0 saturated carbocycles. The molecule has 0 amide bonds. The lowest BCUT2D eigenvalue weighted by molar-refractivity contribution is -0.137. The van der Waals surface area contributed by atoms with Crippen LogP contribution in [0.1, 0.15) is 15.9 Å². The molecule has 18 heavy (non-hydrogen) atoms. The number of carbonyl (C=O) groups excluding carboxylic acids is 2. The van der Waals surface area contributed by atoms with E-state index in [1.54, 1.807) is 30.3 Å². The van der Waals surface area contributed by atoms with Gasteiger partial charge >= 0.3 is 11.9 Å². The number of hydrogen-bond donors (Lipinski definition) is 0. The Hall–Kier alpha value is -2.42. The summed E-state index contributed by atoms with van der Waals surface area (Å²) in [6.45, 7) is 0. The fourth-order valence-electron chi connectivity index (χ4n) is 1.54. The van der Waals surface area contributed by atoms with E-state index in [0.717, 1.165) is 5.56 Å². The summed E-state index contributed by atoms with van der Waals surface area (Å²) < 4.78 is 4.76. The molecule has 3 heteroatoms. The predicted octanol–water partition coefficient (Wildman–Crippen LogP) is 2.61. The molecule has 0 spiro atoms. The van der Waals surface area contributed by atoms with Gasteiger partial charge < -0.3 is 4.74 Å². The van der Waals surface area contributed by atoms with E-state index < -0.39 is 11.9 Å². The van der Waals surface area contributed by atoms with E-state index in [1.165, 1.54) is 0 Å². The van der Waals surface area contributed by atoms with Gasteiger partial charge in [-0.25, -0.2) is 4.79 Å². The first-order valence-corrected chi connectivity index (χ1v) is 5.59. The molecule has 0 aliphatic carbocycles. The molecule has 0 heterocycles. The minimum Gasteiger partial charge on any atom is -0.389 e. The summed E-state index contributed by atoms with van der Waals surface area (Å²) in [7, 11) is 0. The fraction of sp³-hybridized carbons (Fsp3) is 0.0667. The van der Waals surface area contributed by atoms with Crippen LogP contribution in [0.15, 0.2) is 60.7 Å². The van der Waals surface area contributed by atoms with Crippen LogP contribution in [0, 0.1) is 0 Å². The summed E-state index contributed by atoms with van der Waals surface area (Å²) in [6, 6.07) is 17.6. The van der Waals surface area contributed by atoms with Gasteiger partial charge in [0.25, 0.3) is 0 Å². The van der Waals surface area contributed by atoms with Gasteiger partial charge in [-0.05, 0) is 17.7 Å². The van der Waals surface area contributed by atoms with E-state index in [9.17, 15) is 9.59 Å². The number of rotatable bonds is 3. The number of ether oxygens (including phenoxy) is 1. The van der Waals surface area contributed by atoms with Crippen LogP contribution in [0.3, 0.4) is 0 Å². The van der Waals surface area contributed by atoms with Gasteiger partial charge in [0, 0.05) is 0 Å². The van der Waals surface area contributed by atoms with E-state index >= 15 is 0 Å². The Morgan fingerprint density at radius 3 is 2.00 bits per heavy atom. The van der Waals surface area contributed by atoms with Crippen LogP contribution in [0.4, 0.5) is 0 Å². The normalized spacial score (nSPS) is 9.78. The van der Waals surface area contributed by atoms with E-state index in [1.807, 2.05) is 30.3 Å². The third kappa shape index (κ3) is 3.28. The average molecular weight is 240 g/mol. The lowest BCUT2D eigenvalue weighted by Crippen LogP contribution is -2.14. The molecular weight excluding hydrogens is 228 g/mol. The maximum atomic E-state index is 11.6. The molecule has 90 valence electrons. The van der Waals surface area contributed by atoms with E-state index in [4.69, 9.17) is 4.74 Å². The molecule has 2 aromatic rings. The second-order valence-corrected chi connectivity index (χ2v) is 3.79. The molecule has 0 bridgehead atoms. The molecule has 2 aromatic carbocycles. The van der Waals surface area contributed by atoms with Crippen LogP contribution in [-0.4, -0.2) is 11.9 Å². The molecule has 2 rings (SSSR count). The molecule has 0 saturated heterocycles. The zero-order valence-electron chi connectivity index (χ0n) is 9.71. The van der Waals surface area contributed by atoms with Gasteiger partial charge in [-0.15, -0.1) is 0 Å². The number of carbonyl (C=O) groups is 2. The SMILES string of the molecule is O=C(Cc1ccccc1)OC(=O)c1ccccc1. The zero-order valence-corrected chi connectivity index (χ0v) is 9.71. The summed E-state index contributed by atoms with van der Waals surface area (Å²) in [4.78, 5) is 23.2. The van der Waals surface area contributed by atoms with Crippen molar-refractivity contribution in [2.75, 3.05) is 0 Å². The van der Waals surface area contributed by atoms with E-state index in [2.05, 4.69) is 0 Å². The second kappa shape index (κ2) is 5.77. The second-order valence-electron chi connectivity index (χ2n) is 3.79. The molecule has 0 aliphatic rings. The number of benzene rings is 2. The first kappa shape index (κ1) is 12.0. The lowest BCUT2D eigenvalue weighted by atomic mass is 10.1. The van der Waals surface area contributed by atoms with Gasteiger partial charge in [-0.2, -0.15) is 0 Å². The summed E-state index contributed by atoms with van der Waals surface area (Å²) in [5.74, 6) is -1.16. The van der Waals surface area contributed by atoms with Crippen LogP contribution in [0.5, 0.6) is 0 Å². The molecule has 0 aromatic heterocycles. The molecule has 0 radical (unpaired) electrons. The van der Waals surface area contributed by atoms with Gasteiger partial charge in [-0.1, -0.05) is 48.5 Å². The Kier molecular flexibility index (Phi) is 3.86.